The summed E-state index contributed by atoms with van der Waals surface area (Å²) in [6.45, 7) is 1.02. The van der Waals surface area contributed by atoms with Crippen LogP contribution in [0.15, 0.2) is 60.8 Å². The third kappa shape index (κ3) is 4.43. The van der Waals surface area contributed by atoms with E-state index in [0.29, 0.717) is 24.7 Å². The molecule has 148 valence electrons. The highest BCUT2D eigenvalue weighted by atomic mass is 16.6. The van der Waals surface area contributed by atoms with Crippen molar-refractivity contribution in [3.05, 3.63) is 82.2 Å². The number of carbonyl (C=O) groups is 1. The maximum atomic E-state index is 13.1. The van der Waals surface area contributed by atoms with Crippen molar-refractivity contribution >= 4 is 11.6 Å². The second kappa shape index (κ2) is 7.75. The SMILES string of the molecule is O=C(c1ccn(-c2cccc([N+](=O)[O-])c2)n1)N(Cc1cccc(O)c1)CC1CC1. The van der Waals surface area contributed by atoms with E-state index in [1.807, 2.05) is 6.07 Å². The van der Waals surface area contributed by atoms with Crippen LogP contribution in [0.2, 0.25) is 0 Å². The molecule has 1 heterocycles. The summed E-state index contributed by atoms with van der Waals surface area (Å²) < 4.78 is 1.46. The minimum Gasteiger partial charge on any atom is -0.508 e. The summed E-state index contributed by atoms with van der Waals surface area (Å²) in [5, 5.41) is 25.0. The summed E-state index contributed by atoms with van der Waals surface area (Å²) in [4.78, 5) is 25.4. The molecule has 0 radical (unpaired) electrons. The van der Waals surface area contributed by atoms with E-state index in [1.54, 1.807) is 47.5 Å². The highest BCUT2D eigenvalue weighted by molar-refractivity contribution is 5.92. The molecule has 1 fully saturated rings. The van der Waals surface area contributed by atoms with Crippen LogP contribution in [0.25, 0.3) is 5.69 Å². The molecule has 1 N–H and O–H groups in total. The summed E-state index contributed by atoms with van der Waals surface area (Å²) in [5.74, 6) is 0.454. The Bertz CT molecular complexity index is 1060. The molecule has 1 aromatic heterocycles. The van der Waals surface area contributed by atoms with E-state index in [-0.39, 0.29) is 23.0 Å². The van der Waals surface area contributed by atoms with Crippen molar-refractivity contribution in [3.63, 3.8) is 0 Å². The lowest BCUT2D eigenvalue weighted by Crippen LogP contribution is -2.32. The van der Waals surface area contributed by atoms with E-state index in [0.717, 1.165) is 18.4 Å². The fourth-order valence-electron chi connectivity index (χ4n) is 3.20. The summed E-state index contributed by atoms with van der Waals surface area (Å²) in [7, 11) is 0. The second-order valence-corrected chi connectivity index (χ2v) is 7.22. The fraction of sp³-hybridized carbons (Fsp3) is 0.238. The summed E-state index contributed by atoms with van der Waals surface area (Å²) >= 11 is 0. The van der Waals surface area contributed by atoms with Gasteiger partial charge in [-0.2, -0.15) is 5.10 Å². The number of rotatable bonds is 7. The van der Waals surface area contributed by atoms with Crippen molar-refractivity contribution in [2.24, 2.45) is 5.92 Å². The zero-order valence-corrected chi connectivity index (χ0v) is 15.6. The first-order valence-electron chi connectivity index (χ1n) is 9.37. The number of non-ortho nitro benzene ring substituents is 1. The molecule has 0 saturated heterocycles. The van der Waals surface area contributed by atoms with Crippen molar-refractivity contribution in [1.29, 1.82) is 0 Å². The van der Waals surface area contributed by atoms with Gasteiger partial charge in [0, 0.05) is 31.4 Å². The van der Waals surface area contributed by atoms with E-state index in [9.17, 15) is 20.0 Å². The molecule has 0 bridgehead atoms. The van der Waals surface area contributed by atoms with E-state index in [1.165, 1.54) is 16.8 Å². The van der Waals surface area contributed by atoms with Gasteiger partial charge >= 0.3 is 0 Å². The number of amides is 1. The lowest BCUT2D eigenvalue weighted by molar-refractivity contribution is -0.384. The third-order valence-electron chi connectivity index (χ3n) is 4.86. The molecule has 1 aliphatic rings. The number of hydrogen-bond acceptors (Lipinski definition) is 5. The number of nitro benzene ring substituents is 1. The van der Waals surface area contributed by atoms with Gasteiger partial charge in [0.2, 0.25) is 0 Å². The molecular weight excluding hydrogens is 372 g/mol. The molecule has 1 aliphatic carbocycles. The van der Waals surface area contributed by atoms with E-state index in [2.05, 4.69) is 5.10 Å². The quantitative estimate of drug-likeness (QED) is 0.489. The van der Waals surface area contributed by atoms with Gasteiger partial charge in [-0.15, -0.1) is 0 Å². The third-order valence-corrected chi connectivity index (χ3v) is 4.86. The van der Waals surface area contributed by atoms with E-state index >= 15 is 0 Å². The van der Waals surface area contributed by atoms with Gasteiger partial charge in [0.15, 0.2) is 5.69 Å². The minimum atomic E-state index is -0.467. The highest BCUT2D eigenvalue weighted by Crippen LogP contribution is 2.31. The number of nitro groups is 1. The summed E-state index contributed by atoms with van der Waals surface area (Å²) in [5.41, 5.74) is 1.60. The Morgan fingerprint density at radius 2 is 2.00 bits per heavy atom. The Morgan fingerprint density at radius 1 is 1.21 bits per heavy atom. The van der Waals surface area contributed by atoms with Crippen molar-refractivity contribution < 1.29 is 14.8 Å². The molecule has 1 saturated carbocycles. The van der Waals surface area contributed by atoms with Crippen LogP contribution in [0.3, 0.4) is 0 Å². The van der Waals surface area contributed by atoms with Crippen molar-refractivity contribution in [1.82, 2.24) is 14.7 Å². The van der Waals surface area contributed by atoms with Crippen LogP contribution >= 0.6 is 0 Å². The molecule has 0 atom stereocenters. The first-order valence-corrected chi connectivity index (χ1v) is 9.37. The Kier molecular flexibility index (Phi) is 4.99. The van der Waals surface area contributed by atoms with Crippen LogP contribution in [0.1, 0.15) is 28.9 Å². The van der Waals surface area contributed by atoms with Crippen LogP contribution in [-0.4, -0.2) is 37.2 Å². The number of carbonyl (C=O) groups excluding carboxylic acids is 1. The van der Waals surface area contributed by atoms with Crippen molar-refractivity contribution in [3.8, 4) is 11.4 Å². The maximum Gasteiger partial charge on any atom is 0.274 e. The van der Waals surface area contributed by atoms with E-state index < -0.39 is 4.92 Å². The normalized spacial score (nSPS) is 13.2. The number of nitrogens with zero attached hydrogens (tertiary/aromatic N) is 4. The van der Waals surface area contributed by atoms with Crippen LogP contribution in [-0.2, 0) is 6.54 Å². The van der Waals surface area contributed by atoms with Gasteiger partial charge in [-0.05, 0) is 48.6 Å². The van der Waals surface area contributed by atoms with Gasteiger partial charge in [-0.3, -0.25) is 14.9 Å². The first-order chi connectivity index (χ1) is 14.0. The zero-order chi connectivity index (χ0) is 20.4. The molecule has 8 heteroatoms. The number of phenolic OH excluding ortho intramolecular Hbond substituents is 1. The Morgan fingerprint density at radius 3 is 2.72 bits per heavy atom. The molecular formula is C21H20N4O4. The largest absolute Gasteiger partial charge is 0.508 e. The number of aromatic nitrogens is 2. The smallest absolute Gasteiger partial charge is 0.274 e. The number of benzene rings is 2. The van der Waals surface area contributed by atoms with Gasteiger partial charge < -0.3 is 10.0 Å². The Balaban J connectivity index is 1.56. The predicted octanol–water partition coefficient (Wildman–Crippen LogP) is 3.54. The molecule has 29 heavy (non-hydrogen) atoms. The molecule has 1 amide bonds. The summed E-state index contributed by atoms with van der Waals surface area (Å²) in [6, 6.07) is 14.6. The van der Waals surface area contributed by atoms with Gasteiger partial charge in [-0.1, -0.05) is 18.2 Å². The van der Waals surface area contributed by atoms with Crippen LogP contribution in [0, 0.1) is 16.0 Å². The maximum absolute atomic E-state index is 13.1. The monoisotopic (exact) mass is 392 g/mol. The van der Waals surface area contributed by atoms with Crippen LogP contribution in [0.5, 0.6) is 5.75 Å². The lowest BCUT2D eigenvalue weighted by atomic mass is 10.2. The van der Waals surface area contributed by atoms with Gasteiger partial charge in [-0.25, -0.2) is 4.68 Å². The lowest BCUT2D eigenvalue weighted by Gasteiger charge is -2.22. The minimum absolute atomic E-state index is 0.0369. The fourth-order valence-corrected chi connectivity index (χ4v) is 3.20. The molecule has 0 aliphatic heterocycles. The highest BCUT2D eigenvalue weighted by Gasteiger charge is 2.28. The average molecular weight is 392 g/mol. The zero-order valence-electron chi connectivity index (χ0n) is 15.6. The van der Waals surface area contributed by atoms with Crippen LogP contribution in [0.4, 0.5) is 5.69 Å². The molecule has 0 spiro atoms. The molecule has 2 aromatic carbocycles. The van der Waals surface area contributed by atoms with Crippen LogP contribution < -0.4 is 0 Å². The van der Waals surface area contributed by atoms with E-state index in [4.69, 9.17) is 0 Å². The summed E-state index contributed by atoms with van der Waals surface area (Å²) in [6.07, 6.45) is 3.83. The standard InChI is InChI=1S/C21H20N4O4/c26-19-6-1-3-16(11-19)14-23(13-15-7-8-15)21(27)20-9-10-24(22-20)17-4-2-5-18(12-17)25(28)29/h1-6,9-12,15,26H,7-8,13-14H2. The molecule has 3 aromatic rings. The van der Waals surface area contributed by atoms with Gasteiger partial charge in [0.05, 0.1) is 10.6 Å². The number of phenols is 1. The number of aromatic hydroxyl groups is 1. The number of hydrogen-bond donors (Lipinski definition) is 1. The van der Waals surface area contributed by atoms with Gasteiger partial charge in [0.25, 0.3) is 11.6 Å². The Labute approximate surface area is 167 Å². The molecule has 0 unspecified atom stereocenters. The van der Waals surface area contributed by atoms with Gasteiger partial charge in [0.1, 0.15) is 5.75 Å². The second-order valence-electron chi connectivity index (χ2n) is 7.22. The van der Waals surface area contributed by atoms with Crippen molar-refractivity contribution in [2.75, 3.05) is 6.54 Å². The van der Waals surface area contributed by atoms with Crippen molar-refractivity contribution in [2.45, 2.75) is 19.4 Å². The molecule has 8 nitrogen and oxygen atoms in total. The molecule has 4 rings (SSSR count). The predicted molar refractivity (Wildman–Crippen MR) is 106 cm³/mol. The average Bonchev–Trinajstić information content (AvgIpc) is 3.39. The topological polar surface area (TPSA) is 102 Å². The Hall–Kier alpha value is -3.68. The first kappa shape index (κ1) is 18.7.